The molecule has 78 valence electrons. The zero-order valence-electron chi connectivity index (χ0n) is 8.40. The van der Waals surface area contributed by atoms with Gasteiger partial charge in [-0.3, -0.25) is 4.57 Å². The molecule has 2 aliphatic heterocycles. The summed E-state index contributed by atoms with van der Waals surface area (Å²) >= 11 is 0. The standard InChI is InChI=1S/C11H12N2O2/c12-7-9-3-4-10-8-15-11(13(9)10)5-1-2-6-14-11/h3-4H,1-2,5-6,8H2. The summed E-state index contributed by atoms with van der Waals surface area (Å²) in [4.78, 5) is 0. The molecule has 15 heavy (non-hydrogen) atoms. The van der Waals surface area contributed by atoms with E-state index in [0.29, 0.717) is 18.9 Å². The van der Waals surface area contributed by atoms with Crippen molar-refractivity contribution in [2.24, 2.45) is 0 Å². The highest BCUT2D eigenvalue weighted by Gasteiger charge is 2.43. The Hall–Kier alpha value is -1.31. The minimum absolute atomic E-state index is 0.543. The smallest absolute Gasteiger partial charge is 0.256 e. The minimum atomic E-state index is -0.678. The topological polar surface area (TPSA) is 47.2 Å². The SMILES string of the molecule is N#Cc1ccc2n1C1(CCCCO1)OC2. The number of ether oxygens (including phenoxy) is 2. The lowest BCUT2D eigenvalue weighted by Gasteiger charge is -2.34. The normalized spacial score (nSPS) is 29.0. The molecule has 0 amide bonds. The van der Waals surface area contributed by atoms with Gasteiger partial charge < -0.3 is 9.47 Å². The van der Waals surface area contributed by atoms with Crippen LogP contribution in [0.5, 0.6) is 0 Å². The van der Waals surface area contributed by atoms with Gasteiger partial charge in [0, 0.05) is 6.42 Å². The predicted molar refractivity (Wildman–Crippen MR) is 51.7 cm³/mol. The number of hydrogen-bond donors (Lipinski definition) is 0. The third kappa shape index (κ3) is 1.14. The van der Waals surface area contributed by atoms with Crippen molar-refractivity contribution < 1.29 is 9.47 Å². The highest BCUT2D eigenvalue weighted by molar-refractivity contribution is 5.29. The molecule has 1 aromatic rings. The maximum absolute atomic E-state index is 9.02. The van der Waals surface area contributed by atoms with Gasteiger partial charge in [-0.1, -0.05) is 0 Å². The maximum atomic E-state index is 9.02. The van der Waals surface area contributed by atoms with Gasteiger partial charge in [0.25, 0.3) is 5.91 Å². The van der Waals surface area contributed by atoms with E-state index in [1.807, 2.05) is 16.7 Å². The van der Waals surface area contributed by atoms with Crippen LogP contribution in [0.1, 0.15) is 30.7 Å². The molecule has 4 nitrogen and oxygen atoms in total. The molecule has 2 aliphatic rings. The van der Waals surface area contributed by atoms with Gasteiger partial charge >= 0.3 is 0 Å². The van der Waals surface area contributed by atoms with Gasteiger partial charge in [0.1, 0.15) is 11.8 Å². The largest absolute Gasteiger partial charge is 0.332 e. The lowest BCUT2D eigenvalue weighted by Crippen LogP contribution is -2.39. The molecule has 0 bridgehead atoms. The van der Waals surface area contributed by atoms with Crippen molar-refractivity contribution in [1.29, 1.82) is 5.26 Å². The molecule has 3 heterocycles. The van der Waals surface area contributed by atoms with E-state index in [1.165, 1.54) is 0 Å². The summed E-state index contributed by atoms with van der Waals surface area (Å²) in [5, 5.41) is 9.02. The van der Waals surface area contributed by atoms with Gasteiger partial charge in [0.05, 0.1) is 18.9 Å². The molecule has 1 atom stereocenters. The lowest BCUT2D eigenvalue weighted by atomic mass is 10.1. The van der Waals surface area contributed by atoms with Crippen LogP contribution in [0, 0.1) is 11.3 Å². The van der Waals surface area contributed by atoms with Crippen LogP contribution in [-0.4, -0.2) is 11.2 Å². The highest BCUT2D eigenvalue weighted by Crippen LogP contribution is 2.39. The fourth-order valence-electron chi connectivity index (χ4n) is 2.38. The summed E-state index contributed by atoms with van der Waals surface area (Å²) in [5.74, 6) is -0.678. The summed E-state index contributed by atoms with van der Waals surface area (Å²) in [6.45, 7) is 1.25. The van der Waals surface area contributed by atoms with Gasteiger partial charge in [-0.15, -0.1) is 0 Å². The summed E-state index contributed by atoms with van der Waals surface area (Å²) < 4.78 is 13.4. The molecule has 1 spiro atoms. The minimum Gasteiger partial charge on any atom is -0.332 e. The van der Waals surface area contributed by atoms with Crippen molar-refractivity contribution in [2.75, 3.05) is 6.61 Å². The Bertz CT molecular complexity index is 424. The average Bonchev–Trinajstić information content (AvgIpc) is 2.83. The molecule has 1 fully saturated rings. The summed E-state index contributed by atoms with van der Waals surface area (Å²) in [6.07, 6.45) is 3.00. The van der Waals surface area contributed by atoms with E-state index < -0.39 is 5.91 Å². The van der Waals surface area contributed by atoms with Crippen molar-refractivity contribution in [3.63, 3.8) is 0 Å². The first-order valence-corrected chi connectivity index (χ1v) is 5.25. The number of nitrogens with zero attached hydrogens (tertiary/aromatic N) is 2. The molecular weight excluding hydrogens is 192 g/mol. The molecule has 0 aromatic carbocycles. The quantitative estimate of drug-likeness (QED) is 0.646. The third-order valence-corrected chi connectivity index (χ3v) is 3.08. The molecule has 0 radical (unpaired) electrons. The first-order chi connectivity index (χ1) is 7.36. The van der Waals surface area contributed by atoms with E-state index in [-0.39, 0.29) is 0 Å². The van der Waals surface area contributed by atoms with Crippen LogP contribution >= 0.6 is 0 Å². The van der Waals surface area contributed by atoms with Crippen molar-refractivity contribution in [3.8, 4) is 6.07 Å². The molecular formula is C11H12N2O2. The molecule has 1 saturated heterocycles. The van der Waals surface area contributed by atoms with Crippen LogP contribution in [0.4, 0.5) is 0 Å². The molecule has 4 heteroatoms. The Morgan fingerprint density at radius 3 is 3.00 bits per heavy atom. The molecule has 3 rings (SSSR count). The van der Waals surface area contributed by atoms with E-state index in [4.69, 9.17) is 14.7 Å². The first-order valence-electron chi connectivity index (χ1n) is 5.25. The third-order valence-electron chi connectivity index (χ3n) is 3.08. The Morgan fingerprint density at radius 1 is 1.33 bits per heavy atom. The fraction of sp³-hybridized carbons (Fsp3) is 0.545. The van der Waals surface area contributed by atoms with Gasteiger partial charge in [0.2, 0.25) is 0 Å². The first kappa shape index (κ1) is 8.96. The number of fused-ring (bicyclic) bond motifs is 2. The second kappa shape index (κ2) is 3.09. The Kier molecular flexibility index (Phi) is 1.84. The average molecular weight is 204 g/mol. The van der Waals surface area contributed by atoms with Crippen LogP contribution in [-0.2, 0) is 22.0 Å². The van der Waals surface area contributed by atoms with E-state index >= 15 is 0 Å². The second-order valence-electron chi connectivity index (χ2n) is 3.96. The van der Waals surface area contributed by atoms with E-state index in [0.717, 1.165) is 25.0 Å². The molecule has 0 N–H and O–H groups in total. The van der Waals surface area contributed by atoms with E-state index in [1.54, 1.807) is 0 Å². The van der Waals surface area contributed by atoms with Gasteiger partial charge in [-0.25, -0.2) is 0 Å². The van der Waals surface area contributed by atoms with Crippen molar-refractivity contribution in [2.45, 2.75) is 31.8 Å². The Morgan fingerprint density at radius 2 is 2.27 bits per heavy atom. The molecule has 0 aliphatic carbocycles. The van der Waals surface area contributed by atoms with Gasteiger partial charge in [-0.05, 0) is 25.0 Å². The van der Waals surface area contributed by atoms with E-state index in [2.05, 4.69) is 6.07 Å². The summed E-state index contributed by atoms with van der Waals surface area (Å²) in [5.41, 5.74) is 1.66. The van der Waals surface area contributed by atoms with Crippen LogP contribution < -0.4 is 0 Å². The zero-order valence-corrected chi connectivity index (χ0v) is 8.40. The molecule has 1 unspecified atom stereocenters. The van der Waals surface area contributed by atoms with Crippen molar-refractivity contribution in [3.05, 3.63) is 23.5 Å². The molecule has 1 aromatic heterocycles. The van der Waals surface area contributed by atoms with Crippen LogP contribution in [0.3, 0.4) is 0 Å². The van der Waals surface area contributed by atoms with Crippen LogP contribution in [0.25, 0.3) is 0 Å². The highest BCUT2D eigenvalue weighted by atomic mass is 16.7. The summed E-state index contributed by atoms with van der Waals surface area (Å²) in [7, 11) is 0. The fourth-order valence-corrected chi connectivity index (χ4v) is 2.38. The lowest BCUT2D eigenvalue weighted by molar-refractivity contribution is -0.297. The number of nitriles is 1. The van der Waals surface area contributed by atoms with Crippen molar-refractivity contribution >= 4 is 0 Å². The van der Waals surface area contributed by atoms with Crippen LogP contribution in [0.15, 0.2) is 12.1 Å². The van der Waals surface area contributed by atoms with Gasteiger partial charge in [-0.2, -0.15) is 5.26 Å². The predicted octanol–water partition coefficient (Wildman–Crippen LogP) is 1.70. The number of hydrogen-bond acceptors (Lipinski definition) is 3. The maximum Gasteiger partial charge on any atom is 0.256 e. The van der Waals surface area contributed by atoms with Crippen LogP contribution in [0.2, 0.25) is 0 Å². The molecule has 0 saturated carbocycles. The van der Waals surface area contributed by atoms with Crippen molar-refractivity contribution in [1.82, 2.24) is 4.57 Å². The van der Waals surface area contributed by atoms with E-state index in [9.17, 15) is 0 Å². The summed E-state index contributed by atoms with van der Waals surface area (Å²) in [6, 6.07) is 5.95. The Balaban J connectivity index is 2.09. The number of rotatable bonds is 0. The van der Waals surface area contributed by atoms with Gasteiger partial charge in [0.15, 0.2) is 0 Å². The number of aromatic nitrogens is 1. The zero-order chi connectivity index (χ0) is 10.3. The Labute approximate surface area is 88.0 Å². The monoisotopic (exact) mass is 204 g/mol. The second-order valence-corrected chi connectivity index (χ2v) is 3.96.